The van der Waals surface area contributed by atoms with Crippen LogP contribution in [0.2, 0.25) is 0 Å². The van der Waals surface area contributed by atoms with Crippen molar-refractivity contribution in [1.29, 1.82) is 0 Å². The summed E-state index contributed by atoms with van der Waals surface area (Å²) in [6.45, 7) is 0. The number of hydrogen-bond acceptors (Lipinski definition) is 3. The lowest BCUT2D eigenvalue weighted by molar-refractivity contribution is -0.116. The monoisotopic (exact) mass is 317 g/mol. The van der Waals surface area contributed by atoms with Gasteiger partial charge in [-0.2, -0.15) is 0 Å². The van der Waals surface area contributed by atoms with Crippen LogP contribution in [-0.2, 0) is 4.79 Å². The highest BCUT2D eigenvalue weighted by Crippen LogP contribution is 2.17. The van der Waals surface area contributed by atoms with Crippen molar-refractivity contribution in [2.45, 2.75) is 17.7 Å². The third kappa shape index (κ3) is 4.70. The van der Waals surface area contributed by atoms with Gasteiger partial charge in [-0.1, -0.05) is 0 Å². The van der Waals surface area contributed by atoms with Gasteiger partial charge in [-0.3, -0.25) is 9.59 Å². The average molecular weight is 317 g/mol. The summed E-state index contributed by atoms with van der Waals surface area (Å²) in [5, 5.41) is 2.75. The summed E-state index contributed by atoms with van der Waals surface area (Å²) < 4.78 is 12.8. The van der Waals surface area contributed by atoms with Crippen LogP contribution in [0, 0.1) is 5.82 Å². The number of rotatable bonds is 6. The second-order valence-electron chi connectivity index (χ2n) is 4.71. The van der Waals surface area contributed by atoms with Crippen molar-refractivity contribution < 1.29 is 14.0 Å². The molecule has 0 aromatic heterocycles. The topological polar surface area (TPSA) is 46.2 Å². The lowest BCUT2D eigenvalue weighted by Crippen LogP contribution is -2.13. The SMILES string of the molecule is CSc1ccc(NC(=O)CCC(=O)c2ccc(F)cc2)cc1. The first-order valence-electron chi connectivity index (χ1n) is 6.81. The molecule has 1 N–H and O–H groups in total. The van der Waals surface area contributed by atoms with Crippen LogP contribution >= 0.6 is 11.8 Å². The molecule has 0 saturated carbocycles. The molecule has 0 heterocycles. The van der Waals surface area contributed by atoms with Crippen molar-refractivity contribution in [3.8, 4) is 0 Å². The number of Topliss-reactive ketones (excluding diaryl/α,β-unsaturated/α-hetero) is 1. The zero-order valence-electron chi connectivity index (χ0n) is 12.1. The third-order valence-corrected chi connectivity index (χ3v) is 3.86. The van der Waals surface area contributed by atoms with E-state index >= 15 is 0 Å². The highest BCUT2D eigenvalue weighted by Gasteiger charge is 2.09. The number of thioether (sulfide) groups is 1. The molecule has 2 rings (SSSR count). The number of hydrogen-bond donors (Lipinski definition) is 1. The molecule has 22 heavy (non-hydrogen) atoms. The quantitative estimate of drug-likeness (QED) is 0.643. The van der Waals surface area contributed by atoms with Gasteiger partial charge in [0.05, 0.1) is 0 Å². The second-order valence-corrected chi connectivity index (χ2v) is 5.59. The fourth-order valence-electron chi connectivity index (χ4n) is 1.91. The summed E-state index contributed by atoms with van der Waals surface area (Å²) in [5.74, 6) is -0.775. The molecule has 0 atom stereocenters. The molecule has 1 amide bonds. The number of nitrogens with one attached hydrogen (secondary N) is 1. The second kappa shape index (κ2) is 7.75. The van der Waals surface area contributed by atoms with Crippen molar-refractivity contribution in [2.75, 3.05) is 11.6 Å². The van der Waals surface area contributed by atoms with E-state index in [0.29, 0.717) is 11.3 Å². The van der Waals surface area contributed by atoms with Gasteiger partial charge in [0, 0.05) is 29.0 Å². The first kappa shape index (κ1) is 16.2. The van der Waals surface area contributed by atoms with Crippen LogP contribution in [0.25, 0.3) is 0 Å². The van der Waals surface area contributed by atoms with Gasteiger partial charge in [-0.15, -0.1) is 11.8 Å². The summed E-state index contributed by atoms with van der Waals surface area (Å²) >= 11 is 1.63. The van der Waals surface area contributed by atoms with E-state index in [1.54, 1.807) is 11.8 Å². The zero-order valence-corrected chi connectivity index (χ0v) is 13.0. The number of halogens is 1. The van der Waals surface area contributed by atoms with E-state index in [0.717, 1.165) is 4.90 Å². The van der Waals surface area contributed by atoms with Gasteiger partial charge < -0.3 is 5.32 Å². The molecule has 0 fully saturated rings. The van der Waals surface area contributed by atoms with E-state index in [4.69, 9.17) is 0 Å². The summed E-state index contributed by atoms with van der Waals surface area (Å²) in [6.07, 6.45) is 2.18. The van der Waals surface area contributed by atoms with Gasteiger partial charge in [0.2, 0.25) is 5.91 Å². The summed E-state index contributed by atoms with van der Waals surface area (Å²) in [6, 6.07) is 12.8. The Bertz CT molecular complexity index is 653. The highest BCUT2D eigenvalue weighted by molar-refractivity contribution is 7.98. The molecular formula is C17H16FNO2S. The standard InChI is InChI=1S/C17H16FNO2S/c1-22-15-8-6-14(7-9-15)19-17(21)11-10-16(20)12-2-4-13(18)5-3-12/h2-9H,10-11H2,1H3,(H,19,21). The molecule has 2 aromatic carbocycles. The molecule has 0 aliphatic heterocycles. The highest BCUT2D eigenvalue weighted by atomic mass is 32.2. The Balaban J connectivity index is 1.84. The van der Waals surface area contributed by atoms with Crippen molar-refractivity contribution in [2.24, 2.45) is 0 Å². The van der Waals surface area contributed by atoms with Crippen LogP contribution in [0.3, 0.4) is 0 Å². The van der Waals surface area contributed by atoms with Gasteiger partial charge in [0.1, 0.15) is 5.82 Å². The molecule has 0 saturated heterocycles. The number of benzene rings is 2. The van der Waals surface area contributed by atoms with Crippen LogP contribution in [0.5, 0.6) is 0 Å². The first-order valence-corrected chi connectivity index (χ1v) is 8.03. The number of ketones is 1. The number of carbonyl (C=O) groups excluding carboxylic acids is 2. The molecule has 2 aromatic rings. The number of carbonyl (C=O) groups is 2. The maximum Gasteiger partial charge on any atom is 0.224 e. The lowest BCUT2D eigenvalue weighted by Gasteiger charge is -2.06. The number of amides is 1. The van der Waals surface area contributed by atoms with Crippen molar-refractivity contribution in [3.05, 3.63) is 59.9 Å². The molecule has 0 radical (unpaired) electrons. The van der Waals surface area contributed by atoms with Crippen LogP contribution in [0.4, 0.5) is 10.1 Å². The molecule has 5 heteroatoms. The van der Waals surface area contributed by atoms with E-state index in [9.17, 15) is 14.0 Å². The number of anilines is 1. The largest absolute Gasteiger partial charge is 0.326 e. The Morgan fingerprint density at radius 3 is 2.23 bits per heavy atom. The van der Waals surface area contributed by atoms with E-state index in [1.807, 2.05) is 30.5 Å². The van der Waals surface area contributed by atoms with Crippen molar-refractivity contribution in [1.82, 2.24) is 0 Å². The fourth-order valence-corrected chi connectivity index (χ4v) is 2.31. The van der Waals surface area contributed by atoms with E-state index in [-0.39, 0.29) is 30.3 Å². The minimum atomic E-state index is -0.386. The van der Waals surface area contributed by atoms with E-state index in [2.05, 4.69) is 5.32 Å². The van der Waals surface area contributed by atoms with Gasteiger partial charge in [0.15, 0.2) is 5.78 Å². The maximum atomic E-state index is 12.8. The van der Waals surface area contributed by atoms with Gasteiger partial charge in [-0.05, 0) is 54.8 Å². The van der Waals surface area contributed by atoms with Crippen molar-refractivity contribution in [3.63, 3.8) is 0 Å². The summed E-state index contributed by atoms with van der Waals surface area (Å²) in [4.78, 5) is 24.8. The van der Waals surface area contributed by atoms with E-state index in [1.165, 1.54) is 24.3 Å². The molecular weight excluding hydrogens is 301 g/mol. The Kier molecular flexibility index (Phi) is 5.72. The Hall–Kier alpha value is -2.14. The predicted molar refractivity (Wildman–Crippen MR) is 86.8 cm³/mol. The summed E-state index contributed by atoms with van der Waals surface area (Å²) in [7, 11) is 0. The molecule has 0 unspecified atom stereocenters. The van der Waals surface area contributed by atoms with E-state index < -0.39 is 0 Å². The Morgan fingerprint density at radius 2 is 1.64 bits per heavy atom. The maximum absolute atomic E-state index is 12.8. The summed E-state index contributed by atoms with van der Waals surface area (Å²) in [5.41, 5.74) is 1.12. The normalized spacial score (nSPS) is 10.3. The van der Waals surface area contributed by atoms with Crippen LogP contribution in [-0.4, -0.2) is 17.9 Å². The van der Waals surface area contributed by atoms with Crippen molar-refractivity contribution >= 4 is 29.1 Å². The van der Waals surface area contributed by atoms with Gasteiger partial charge in [0.25, 0.3) is 0 Å². The van der Waals surface area contributed by atoms with Gasteiger partial charge >= 0.3 is 0 Å². The smallest absolute Gasteiger partial charge is 0.224 e. The Labute approximate surface area is 132 Å². The Morgan fingerprint density at radius 1 is 1.00 bits per heavy atom. The zero-order chi connectivity index (χ0) is 15.9. The minimum Gasteiger partial charge on any atom is -0.326 e. The van der Waals surface area contributed by atoms with Crippen LogP contribution in [0.15, 0.2) is 53.4 Å². The average Bonchev–Trinajstić information content (AvgIpc) is 2.54. The fraction of sp³-hybridized carbons (Fsp3) is 0.176. The molecule has 0 aliphatic carbocycles. The molecule has 114 valence electrons. The predicted octanol–water partition coefficient (Wildman–Crippen LogP) is 4.15. The van der Waals surface area contributed by atoms with Gasteiger partial charge in [-0.25, -0.2) is 4.39 Å². The third-order valence-electron chi connectivity index (χ3n) is 3.12. The lowest BCUT2D eigenvalue weighted by atomic mass is 10.1. The minimum absolute atomic E-state index is 0.0976. The first-order chi connectivity index (χ1) is 10.6. The molecule has 0 aliphatic rings. The molecule has 0 spiro atoms. The van der Waals surface area contributed by atoms with Crippen LogP contribution in [0.1, 0.15) is 23.2 Å². The molecule has 3 nitrogen and oxygen atoms in total. The molecule has 0 bridgehead atoms. The van der Waals surface area contributed by atoms with Crippen LogP contribution < -0.4 is 5.32 Å².